The van der Waals surface area contributed by atoms with Crippen LogP contribution in [-0.4, -0.2) is 74.8 Å². The van der Waals surface area contributed by atoms with Crippen LogP contribution in [0.3, 0.4) is 0 Å². The fourth-order valence-corrected chi connectivity index (χ4v) is 5.83. The summed E-state index contributed by atoms with van der Waals surface area (Å²) in [6, 6.07) is 8.55. The van der Waals surface area contributed by atoms with Crippen LogP contribution < -0.4 is 10.1 Å². The summed E-state index contributed by atoms with van der Waals surface area (Å²) in [6.07, 6.45) is 4.35. The summed E-state index contributed by atoms with van der Waals surface area (Å²) < 4.78 is 11.0. The van der Waals surface area contributed by atoms with Gasteiger partial charge in [0, 0.05) is 37.8 Å². The number of hydrogen-bond acceptors (Lipinski definition) is 5. The molecule has 2 saturated heterocycles. The van der Waals surface area contributed by atoms with Crippen LogP contribution in [0.4, 0.5) is 0 Å². The molecular weight excluding hydrogens is 378 g/mol. The summed E-state index contributed by atoms with van der Waals surface area (Å²) in [7, 11) is 1.68. The molecule has 166 valence electrons. The maximum atomic E-state index is 13.7. The molecule has 3 fully saturated rings. The molecule has 1 saturated carbocycles. The normalized spacial score (nSPS) is 30.5. The van der Waals surface area contributed by atoms with Gasteiger partial charge in [-0.3, -0.25) is 9.69 Å². The van der Waals surface area contributed by atoms with Crippen LogP contribution in [0.2, 0.25) is 0 Å². The molecule has 4 rings (SSSR count). The lowest BCUT2D eigenvalue weighted by atomic mass is 9.61. The van der Waals surface area contributed by atoms with Crippen molar-refractivity contribution < 1.29 is 14.3 Å². The van der Waals surface area contributed by atoms with Crippen molar-refractivity contribution in [1.29, 1.82) is 0 Å². The number of morpholine rings is 1. The average molecular weight is 416 g/mol. The quantitative estimate of drug-likeness (QED) is 0.774. The second-order valence-corrected chi connectivity index (χ2v) is 9.08. The lowest BCUT2D eigenvalue weighted by molar-refractivity contribution is -0.145. The molecule has 3 aliphatic rings. The number of amides is 1. The van der Waals surface area contributed by atoms with E-state index in [1.807, 2.05) is 24.3 Å². The molecule has 1 aromatic carbocycles. The SMILES string of the molecule is CCN1CC[C@@H]2CC(N3CCOCC3)CC[C@@]2(C(=O)NCc2ccccc2OC)C1. The Morgan fingerprint density at radius 1 is 1.23 bits per heavy atom. The van der Waals surface area contributed by atoms with Gasteiger partial charge in [0.05, 0.1) is 25.7 Å². The zero-order valence-electron chi connectivity index (χ0n) is 18.6. The van der Waals surface area contributed by atoms with Gasteiger partial charge in [-0.05, 0) is 50.8 Å². The Morgan fingerprint density at radius 2 is 2.03 bits per heavy atom. The second-order valence-electron chi connectivity index (χ2n) is 9.08. The molecule has 2 heterocycles. The molecule has 1 unspecified atom stereocenters. The van der Waals surface area contributed by atoms with Gasteiger partial charge in [0.1, 0.15) is 5.75 Å². The summed E-state index contributed by atoms with van der Waals surface area (Å²) in [6.45, 7) is 9.50. The maximum absolute atomic E-state index is 13.7. The number of likely N-dealkylation sites (tertiary alicyclic amines) is 1. The smallest absolute Gasteiger partial charge is 0.228 e. The molecule has 0 radical (unpaired) electrons. The number of carbonyl (C=O) groups excluding carboxylic acids is 1. The third-order valence-corrected chi connectivity index (χ3v) is 7.65. The molecule has 1 N–H and O–H groups in total. The monoisotopic (exact) mass is 415 g/mol. The van der Waals surface area contributed by atoms with E-state index in [-0.39, 0.29) is 11.3 Å². The molecule has 3 atom stereocenters. The van der Waals surface area contributed by atoms with Crippen molar-refractivity contribution in [3.8, 4) is 5.75 Å². The minimum atomic E-state index is -0.265. The first-order valence-electron chi connectivity index (χ1n) is 11.6. The predicted molar refractivity (Wildman–Crippen MR) is 118 cm³/mol. The number of rotatable bonds is 6. The Morgan fingerprint density at radius 3 is 2.80 bits per heavy atom. The first-order valence-corrected chi connectivity index (χ1v) is 11.6. The molecule has 1 amide bonds. The molecule has 1 aliphatic carbocycles. The predicted octanol–water partition coefficient (Wildman–Crippen LogP) is 2.52. The lowest BCUT2D eigenvalue weighted by Gasteiger charge is -2.53. The zero-order valence-corrected chi connectivity index (χ0v) is 18.6. The number of fused-ring (bicyclic) bond motifs is 1. The van der Waals surface area contributed by atoms with Crippen molar-refractivity contribution in [3.05, 3.63) is 29.8 Å². The molecule has 2 aliphatic heterocycles. The van der Waals surface area contributed by atoms with Crippen LogP contribution in [0.5, 0.6) is 5.75 Å². The van der Waals surface area contributed by atoms with E-state index >= 15 is 0 Å². The van der Waals surface area contributed by atoms with Gasteiger partial charge in [-0.25, -0.2) is 0 Å². The van der Waals surface area contributed by atoms with Gasteiger partial charge in [0.15, 0.2) is 0 Å². The van der Waals surface area contributed by atoms with Gasteiger partial charge in [-0.1, -0.05) is 25.1 Å². The van der Waals surface area contributed by atoms with E-state index in [9.17, 15) is 4.79 Å². The summed E-state index contributed by atoms with van der Waals surface area (Å²) in [5.74, 6) is 1.53. The number of ether oxygens (including phenoxy) is 2. The first kappa shape index (κ1) is 21.6. The van der Waals surface area contributed by atoms with E-state index in [4.69, 9.17) is 9.47 Å². The number of hydrogen-bond donors (Lipinski definition) is 1. The molecule has 0 spiro atoms. The Labute approximate surface area is 180 Å². The van der Waals surface area contributed by atoms with Crippen molar-refractivity contribution in [3.63, 3.8) is 0 Å². The fraction of sp³-hybridized carbons (Fsp3) is 0.708. The van der Waals surface area contributed by atoms with E-state index in [0.717, 1.165) is 82.9 Å². The standard InChI is InChI=1S/C24H37N3O3/c1-3-26-11-9-20-16-21(27-12-14-30-15-13-27)8-10-24(20,18-26)23(28)25-17-19-6-4-5-7-22(19)29-2/h4-7,20-21H,3,8-18H2,1-2H3,(H,25,28)/t20-,21?,24-/m1/s1. The van der Waals surface area contributed by atoms with Crippen LogP contribution in [0, 0.1) is 11.3 Å². The average Bonchev–Trinajstić information content (AvgIpc) is 2.82. The van der Waals surface area contributed by atoms with E-state index in [2.05, 4.69) is 22.0 Å². The van der Waals surface area contributed by atoms with Crippen LogP contribution in [0.1, 0.15) is 38.2 Å². The number of nitrogens with zero attached hydrogens (tertiary/aromatic N) is 2. The van der Waals surface area contributed by atoms with Crippen molar-refractivity contribution in [2.24, 2.45) is 11.3 Å². The highest BCUT2D eigenvalue weighted by atomic mass is 16.5. The highest BCUT2D eigenvalue weighted by Gasteiger charge is 2.52. The van der Waals surface area contributed by atoms with Crippen LogP contribution in [0.15, 0.2) is 24.3 Å². The Bertz CT molecular complexity index is 721. The third-order valence-electron chi connectivity index (χ3n) is 7.65. The number of piperidine rings is 1. The Kier molecular flexibility index (Phi) is 6.96. The molecule has 1 aromatic rings. The van der Waals surface area contributed by atoms with E-state index in [1.54, 1.807) is 7.11 Å². The number of benzene rings is 1. The van der Waals surface area contributed by atoms with Crippen LogP contribution >= 0.6 is 0 Å². The lowest BCUT2D eigenvalue weighted by Crippen LogP contribution is -2.60. The van der Waals surface area contributed by atoms with Gasteiger partial charge in [0.25, 0.3) is 0 Å². The van der Waals surface area contributed by atoms with Gasteiger partial charge < -0.3 is 19.7 Å². The minimum absolute atomic E-state index is 0.233. The minimum Gasteiger partial charge on any atom is -0.496 e. The van der Waals surface area contributed by atoms with Gasteiger partial charge >= 0.3 is 0 Å². The summed E-state index contributed by atoms with van der Waals surface area (Å²) in [5, 5.41) is 3.29. The van der Waals surface area contributed by atoms with Crippen molar-refractivity contribution in [1.82, 2.24) is 15.1 Å². The van der Waals surface area contributed by atoms with Crippen molar-refractivity contribution in [2.75, 3.05) is 53.0 Å². The molecular formula is C24H37N3O3. The van der Waals surface area contributed by atoms with Crippen LogP contribution in [0.25, 0.3) is 0 Å². The summed E-state index contributed by atoms with van der Waals surface area (Å²) in [5.41, 5.74) is 0.769. The maximum Gasteiger partial charge on any atom is 0.228 e. The molecule has 6 heteroatoms. The first-order chi connectivity index (χ1) is 14.7. The molecule has 30 heavy (non-hydrogen) atoms. The Balaban J connectivity index is 1.47. The fourth-order valence-electron chi connectivity index (χ4n) is 5.83. The van der Waals surface area contributed by atoms with Crippen molar-refractivity contribution >= 4 is 5.91 Å². The van der Waals surface area contributed by atoms with Gasteiger partial charge in [0.2, 0.25) is 5.91 Å². The zero-order chi connectivity index (χ0) is 21.0. The largest absolute Gasteiger partial charge is 0.496 e. The van der Waals surface area contributed by atoms with Gasteiger partial charge in [-0.2, -0.15) is 0 Å². The highest BCUT2D eigenvalue weighted by Crippen LogP contribution is 2.48. The summed E-state index contributed by atoms with van der Waals surface area (Å²) in [4.78, 5) is 18.7. The highest BCUT2D eigenvalue weighted by molar-refractivity contribution is 5.83. The number of para-hydroxylation sites is 1. The topological polar surface area (TPSA) is 54.0 Å². The molecule has 6 nitrogen and oxygen atoms in total. The van der Waals surface area contributed by atoms with E-state index in [1.165, 1.54) is 0 Å². The second kappa shape index (κ2) is 9.67. The van der Waals surface area contributed by atoms with Gasteiger partial charge in [-0.15, -0.1) is 0 Å². The van der Waals surface area contributed by atoms with Crippen molar-refractivity contribution in [2.45, 2.75) is 45.2 Å². The third kappa shape index (κ3) is 4.36. The molecule has 0 bridgehead atoms. The number of carbonyl (C=O) groups is 1. The molecule has 0 aromatic heterocycles. The Hall–Kier alpha value is -1.63. The summed E-state index contributed by atoms with van der Waals surface area (Å²) >= 11 is 0. The van der Waals surface area contributed by atoms with Crippen LogP contribution in [-0.2, 0) is 16.1 Å². The van der Waals surface area contributed by atoms with E-state index in [0.29, 0.717) is 18.5 Å². The number of nitrogens with one attached hydrogen (secondary N) is 1. The van der Waals surface area contributed by atoms with E-state index < -0.39 is 0 Å². The number of methoxy groups -OCH3 is 1.